The zero-order valence-electron chi connectivity index (χ0n) is 13.6. The molecule has 1 aliphatic carbocycles. The van der Waals surface area contributed by atoms with Crippen LogP contribution in [0.3, 0.4) is 0 Å². The quantitative estimate of drug-likeness (QED) is 0.818. The molecule has 1 atom stereocenters. The topological polar surface area (TPSA) is 56.1 Å². The van der Waals surface area contributed by atoms with E-state index in [2.05, 4.69) is 31.6 Å². The SMILES string of the molecule is CCn1ncc2c1[C@H](COCC1CC1)CN(c1ccncn1)C2. The Hall–Kier alpha value is -1.95. The fourth-order valence-corrected chi connectivity index (χ4v) is 3.34. The van der Waals surface area contributed by atoms with Crippen LogP contribution in [0.25, 0.3) is 0 Å². The number of aryl methyl sites for hydroxylation is 1. The maximum absolute atomic E-state index is 6.01. The maximum Gasteiger partial charge on any atom is 0.132 e. The second kappa shape index (κ2) is 6.28. The largest absolute Gasteiger partial charge is 0.380 e. The van der Waals surface area contributed by atoms with Crippen LogP contribution in [-0.4, -0.2) is 39.5 Å². The van der Waals surface area contributed by atoms with Crippen LogP contribution in [0.2, 0.25) is 0 Å². The van der Waals surface area contributed by atoms with Gasteiger partial charge in [0.05, 0.1) is 18.5 Å². The third-order valence-corrected chi connectivity index (χ3v) is 4.71. The van der Waals surface area contributed by atoms with Crippen molar-refractivity contribution in [2.24, 2.45) is 5.92 Å². The molecule has 23 heavy (non-hydrogen) atoms. The van der Waals surface area contributed by atoms with Gasteiger partial charge in [0.1, 0.15) is 12.1 Å². The number of anilines is 1. The zero-order valence-corrected chi connectivity index (χ0v) is 13.6. The lowest BCUT2D eigenvalue weighted by Crippen LogP contribution is -2.37. The van der Waals surface area contributed by atoms with Crippen molar-refractivity contribution < 1.29 is 4.74 Å². The molecule has 2 aliphatic rings. The van der Waals surface area contributed by atoms with Gasteiger partial charge < -0.3 is 9.64 Å². The van der Waals surface area contributed by atoms with E-state index in [9.17, 15) is 0 Å². The van der Waals surface area contributed by atoms with Crippen molar-refractivity contribution in [2.45, 2.75) is 38.8 Å². The Morgan fingerprint density at radius 2 is 2.22 bits per heavy atom. The molecule has 1 saturated carbocycles. The van der Waals surface area contributed by atoms with Gasteiger partial charge in [-0.25, -0.2) is 9.97 Å². The molecule has 2 aromatic heterocycles. The first-order valence-electron chi connectivity index (χ1n) is 8.48. The van der Waals surface area contributed by atoms with E-state index in [0.29, 0.717) is 5.92 Å². The Morgan fingerprint density at radius 3 is 2.96 bits per heavy atom. The number of nitrogens with zero attached hydrogens (tertiary/aromatic N) is 5. The molecule has 0 spiro atoms. The van der Waals surface area contributed by atoms with Crippen LogP contribution in [0.5, 0.6) is 0 Å². The van der Waals surface area contributed by atoms with Gasteiger partial charge in [-0.1, -0.05) is 0 Å². The highest BCUT2D eigenvalue weighted by molar-refractivity contribution is 5.43. The lowest BCUT2D eigenvalue weighted by molar-refractivity contribution is 0.108. The van der Waals surface area contributed by atoms with Crippen LogP contribution in [0.1, 0.15) is 36.9 Å². The fraction of sp³-hybridized carbons (Fsp3) is 0.588. The van der Waals surface area contributed by atoms with Crippen molar-refractivity contribution in [3.8, 4) is 0 Å². The Labute approximate surface area is 136 Å². The van der Waals surface area contributed by atoms with E-state index in [4.69, 9.17) is 4.74 Å². The molecular weight excluding hydrogens is 290 g/mol. The average molecular weight is 313 g/mol. The van der Waals surface area contributed by atoms with Crippen LogP contribution in [-0.2, 0) is 17.8 Å². The number of aromatic nitrogens is 4. The predicted molar refractivity (Wildman–Crippen MR) is 87.3 cm³/mol. The highest BCUT2D eigenvalue weighted by atomic mass is 16.5. The van der Waals surface area contributed by atoms with Crippen molar-refractivity contribution in [1.82, 2.24) is 19.7 Å². The molecular formula is C17H23N5O. The van der Waals surface area contributed by atoms with Crippen molar-refractivity contribution in [1.29, 1.82) is 0 Å². The van der Waals surface area contributed by atoms with Gasteiger partial charge in [0.15, 0.2) is 0 Å². The van der Waals surface area contributed by atoms with Gasteiger partial charge in [-0.05, 0) is 31.7 Å². The van der Waals surface area contributed by atoms with Crippen molar-refractivity contribution in [3.63, 3.8) is 0 Å². The third kappa shape index (κ3) is 3.08. The number of fused-ring (bicyclic) bond motifs is 1. The van der Waals surface area contributed by atoms with Gasteiger partial charge in [-0.2, -0.15) is 5.10 Å². The summed E-state index contributed by atoms with van der Waals surface area (Å²) in [6, 6.07) is 1.97. The molecule has 0 saturated heterocycles. The van der Waals surface area contributed by atoms with Crippen LogP contribution in [0, 0.1) is 5.92 Å². The van der Waals surface area contributed by atoms with Gasteiger partial charge >= 0.3 is 0 Å². The summed E-state index contributed by atoms with van der Waals surface area (Å²) in [5, 5.41) is 4.55. The first kappa shape index (κ1) is 14.6. The molecule has 1 fully saturated rings. The summed E-state index contributed by atoms with van der Waals surface area (Å²) < 4.78 is 8.13. The summed E-state index contributed by atoms with van der Waals surface area (Å²) in [5.74, 6) is 2.11. The van der Waals surface area contributed by atoms with Gasteiger partial charge in [-0.3, -0.25) is 4.68 Å². The van der Waals surface area contributed by atoms with Crippen molar-refractivity contribution >= 4 is 5.82 Å². The second-order valence-electron chi connectivity index (χ2n) is 6.50. The minimum Gasteiger partial charge on any atom is -0.380 e. The number of hydrogen-bond acceptors (Lipinski definition) is 5. The Kier molecular flexibility index (Phi) is 3.99. The zero-order chi connectivity index (χ0) is 15.6. The van der Waals surface area contributed by atoms with Crippen LogP contribution >= 0.6 is 0 Å². The van der Waals surface area contributed by atoms with Gasteiger partial charge in [-0.15, -0.1) is 0 Å². The Morgan fingerprint density at radius 1 is 1.30 bits per heavy atom. The first-order valence-corrected chi connectivity index (χ1v) is 8.48. The second-order valence-corrected chi connectivity index (χ2v) is 6.50. The van der Waals surface area contributed by atoms with Crippen LogP contribution < -0.4 is 4.90 Å². The minimum atomic E-state index is 0.343. The molecule has 6 nitrogen and oxygen atoms in total. The van der Waals surface area contributed by atoms with Gasteiger partial charge in [0.2, 0.25) is 0 Å². The molecule has 0 amide bonds. The first-order chi connectivity index (χ1) is 11.3. The standard InChI is InChI=1S/C17H23N5O/c1-2-22-17-14(7-20-22)8-21(16-5-6-18-12-19-16)9-15(17)11-23-10-13-3-4-13/h5-7,12-13,15H,2-4,8-11H2,1H3/t15-/m0/s1. The molecule has 2 aromatic rings. The highest BCUT2D eigenvalue weighted by Gasteiger charge is 2.30. The predicted octanol–water partition coefficient (Wildman–Crippen LogP) is 2.22. The molecule has 0 aromatic carbocycles. The molecule has 3 heterocycles. The molecule has 0 bridgehead atoms. The molecule has 0 radical (unpaired) electrons. The molecule has 0 N–H and O–H groups in total. The van der Waals surface area contributed by atoms with Crippen molar-refractivity contribution in [3.05, 3.63) is 36.0 Å². The summed E-state index contributed by atoms with van der Waals surface area (Å²) in [6.07, 6.45) is 8.07. The van der Waals surface area contributed by atoms with Crippen LogP contribution in [0.4, 0.5) is 5.82 Å². The molecule has 4 rings (SSSR count). The average Bonchev–Trinajstić information content (AvgIpc) is 3.32. The van der Waals surface area contributed by atoms with E-state index in [1.807, 2.05) is 12.3 Å². The summed E-state index contributed by atoms with van der Waals surface area (Å²) in [5.41, 5.74) is 2.63. The van der Waals surface area contributed by atoms with E-state index in [0.717, 1.165) is 44.6 Å². The molecule has 0 unspecified atom stereocenters. The summed E-state index contributed by atoms with van der Waals surface area (Å²) in [7, 11) is 0. The molecule has 1 aliphatic heterocycles. The van der Waals surface area contributed by atoms with Gasteiger partial charge in [0, 0.05) is 43.9 Å². The summed E-state index contributed by atoms with van der Waals surface area (Å²) in [4.78, 5) is 10.7. The monoisotopic (exact) mass is 313 g/mol. The van der Waals surface area contributed by atoms with Gasteiger partial charge in [0.25, 0.3) is 0 Å². The maximum atomic E-state index is 6.01. The molecule has 6 heteroatoms. The summed E-state index contributed by atoms with van der Waals surface area (Å²) >= 11 is 0. The lowest BCUT2D eigenvalue weighted by Gasteiger charge is -2.34. The lowest BCUT2D eigenvalue weighted by atomic mass is 9.97. The Balaban J connectivity index is 1.55. The van der Waals surface area contributed by atoms with Crippen molar-refractivity contribution in [2.75, 3.05) is 24.7 Å². The van der Waals surface area contributed by atoms with E-state index >= 15 is 0 Å². The third-order valence-electron chi connectivity index (χ3n) is 4.71. The number of hydrogen-bond donors (Lipinski definition) is 0. The van der Waals surface area contributed by atoms with Crippen LogP contribution in [0.15, 0.2) is 24.8 Å². The summed E-state index contributed by atoms with van der Waals surface area (Å²) in [6.45, 7) is 6.48. The van der Waals surface area contributed by atoms with E-state index in [1.54, 1.807) is 12.5 Å². The number of ether oxygens (including phenoxy) is 1. The van der Waals surface area contributed by atoms with E-state index < -0.39 is 0 Å². The van der Waals surface area contributed by atoms with E-state index in [1.165, 1.54) is 24.1 Å². The number of rotatable bonds is 6. The minimum absolute atomic E-state index is 0.343. The molecule has 122 valence electrons. The highest BCUT2D eigenvalue weighted by Crippen LogP contribution is 2.32. The smallest absolute Gasteiger partial charge is 0.132 e. The Bertz CT molecular complexity index is 652. The normalized spacial score (nSPS) is 20.6. The van der Waals surface area contributed by atoms with E-state index in [-0.39, 0.29) is 0 Å². The fourth-order valence-electron chi connectivity index (χ4n) is 3.34.